The summed E-state index contributed by atoms with van der Waals surface area (Å²) in [6.07, 6.45) is 0.561. The largest absolute Gasteiger partial charge is 0.423 e. The minimum absolute atomic E-state index is 0.0900. The highest BCUT2D eigenvalue weighted by Crippen LogP contribution is 2.43. The van der Waals surface area contributed by atoms with Crippen molar-refractivity contribution in [1.29, 1.82) is 5.26 Å². The Morgan fingerprint density at radius 1 is 1.42 bits per heavy atom. The molecule has 1 aromatic carbocycles. The van der Waals surface area contributed by atoms with Crippen LogP contribution in [0.1, 0.15) is 36.0 Å². The maximum Gasteiger partial charge on any atom is 0.321 e. The van der Waals surface area contributed by atoms with Crippen LogP contribution in [-0.2, 0) is 11.2 Å². The number of amides is 2. The third-order valence-electron chi connectivity index (χ3n) is 5.48. The molecular weight excluding hydrogens is 451 g/mol. The number of hydrogen-bond donors (Lipinski definition) is 3. The molecule has 10 nitrogen and oxygen atoms in total. The first-order valence-electron chi connectivity index (χ1n) is 10.3. The Morgan fingerprint density at radius 3 is 3.00 bits per heavy atom. The minimum Gasteiger partial charge on any atom is -0.423 e. The maximum atomic E-state index is 14.0. The quantitative estimate of drug-likeness (QED) is 0.527. The molecule has 0 unspecified atom stereocenters. The van der Waals surface area contributed by atoms with Gasteiger partial charge in [-0.1, -0.05) is 11.3 Å². The Labute approximate surface area is 192 Å². The van der Waals surface area contributed by atoms with Gasteiger partial charge in [0.2, 0.25) is 0 Å². The zero-order valence-electron chi connectivity index (χ0n) is 17.9. The lowest BCUT2D eigenvalue weighted by atomic mass is 9.97. The van der Waals surface area contributed by atoms with Gasteiger partial charge in [-0.15, -0.1) is 0 Å². The number of nitrogens with zero attached hydrogens (tertiary/aromatic N) is 4. The molecule has 33 heavy (non-hydrogen) atoms. The van der Waals surface area contributed by atoms with Gasteiger partial charge in [0.15, 0.2) is 10.7 Å². The van der Waals surface area contributed by atoms with Crippen molar-refractivity contribution in [2.24, 2.45) is 0 Å². The van der Waals surface area contributed by atoms with E-state index in [9.17, 15) is 14.3 Å². The van der Waals surface area contributed by atoms with E-state index in [-0.39, 0.29) is 29.8 Å². The van der Waals surface area contributed by atoms with E-state index in [4.69, 9.17) is 14.4 Å². The second-order valence-corrected chi connectivity index (χ2v) is 9.71. The van der Waals surface area contributed by atoms with Gasteiger partial charge in [-0.2, -0.15) is 10.2 Å². The van der Waals surface area contributed by atoms with E-state index in [2.05, 4.69) is 20.6 Å². The van der Waals surface area contributed by atoms with Crippen LogP contribution in [0.25, 0.3) is 11.1 Å². The highest BCUT2D eigenvalue weighted by Gasteiger charge is 2.43. The van der Waals surface area contributed by atoms with E-state index in [1.165, 1.54) is 23.5 Å². The highest BCUT2D eigenvalue weighted by atomic mass is 32.1. The Kier molecular flexibility index (Phi) is 5.19. The fraction of sp³-hybridized carbons (Fsp3) is 0.429. The molecule has 1 fully saturated rings. The number of thiazole rings is 1. The molecule has 2 atom stereocenters. The third-order valence-corrected chi connectivity index (χ3v) is 6.60. The summed E-state index contributed by atoms with van der Waals surface area (Å²) in [6, 6.07) is 3.92. The molecular formula is C21H21FN6O4S. The molecule has 5 rings (SSSR count). The molecule has 2 aliphatic heterocycles. The lowest BCUT2D eigenvalue weighted by molar-refractivity contribution is 0.0579. The molecule has 2 bridgehead atoms. The molecule has 0 spiro atoms. The smallest absolute Gasteiger partial charge is 0.321 e. The number of halogens is 1. The summed E-state index contributed by atoms with van der Waals surface area (Å²) in [5.74, 6) is -0.654. The number of aromatic nitrogens is 2. The van der Waals surface area contributed by atoms with E-state index in [1.807, 2.05) is 11.0 Å². The van der Waals surface area contributed by atoms with Crippen LogP contribution in [-0.4, -0.2) is 52.5 Å². The Balaban J connectivity index is 1.42. The van der Waals surface area contributed by atoms with Crippen LogP contribution in [0.4, 0.5) is 20.3 Å². The van der Waals surface area contributed by atoms with Crippen molar-refractivity contribution in [2.75, 3.05) is 30.0 Å². The van der Waals surface area contributed by atoms with Gasteiger partial charge in [0, 0.05) is 19.0 Å². The molecule has 0 aliphatic carbocycles. The number of nitriles is 1. The van der Waals surface area contributed by atoms with Gasteiger partial charge in [-0.05, 0) is 19.9 Å². The van der Waals surface area contributed by atoms with E-state index >= 15 is 0 Å². The van der Waals surface area contributed by atoms with Gasteiger partial charge < -0.3 is 24.5 Å². The molecule has 2 aliphatic rings. The molecule has 2 amide bonds. The van der Waals surface area contributed by atoms with Gasteiger partial charge in [0.25, 0.3) is 6.01 Å². The summed E-state index contributed by atoms with van der Waals surface area (Å²) >= 11 is 1.34. The first-order valence-corrected chi connectivity index (χ1v) is 11.2. The number of ether oxygens (including phenoxy) is 1. The topological polar surface area (TPSA) is 137 Å². The zero-order chi connectivity index (χ0) is 23.3. The lowest BCUT2D eigenvalue weighted by Crippen LogP contribution is -2.51. The normalized spacial score (nSPS) is 19.8. The molecule has 4 heterocycles. The molecule has 3 N–H and O–H groups in total. The van der Waals surface area contributed by atoms with Crippen molar-refractivity contribution in [3.8, 4) is 6.07 Å². The van der Waals surface area contributed by atoms with E-state index in [0.717, 1.165) is 10.6 Å². The van der Waals surface area contributed by atoms with Crippen LogP contribution in [0.15, 0.2) is 16.5 Å². The summed E-state index contributed by atoms with van der Waals surface area (Å²) < 4.78 is 25.7. The van der Waals surface area contributed by atoms with Crippen molar-refractivity contribution in [2.45, 2.75) is 38.0 Å². The van der Waals surface area contributed by atoms with Gasteiger partial charge in [0.05, 0.1) is 47.0 Å². The molecule has 12 heteroatoms. The highest BCUT2D eigenvalue weighted by molar-refractivity contribution is 7.16. The van der Waals surface area contributed by atoms with Gasteiger partial charge >= 0.3 is 6.03 Å². The lowest BCUT2D eigenvalue weighted by Gasteiger charge is -2.43. The van der Waals surface area contributed by atoms with Crippen molar-refractivity contribution in [3.63, 3.8) is 0 Å². The van der Waals surface area contributed by atoms with E-state index < -0.39 is 17.4 Å². The first kappa shape index (κ1) is 21.6. The van der Waals surface area contributed by atoms with E-state index in [0.29, 0.717) is 36.3 Å². The van der Waals surface area contributed by atoms with Crippen molar-refractivity contribution in [3.05, 3.63) is 34.1 Å². The number of benzene rings is 1. The maximum absolute atomic E-state index is 14.0. The number of oxazole rings is 1. The molecule has 2 aromatic heterocycles. The van der Waals surface area contributed by atoms with E-state index in [1.54, 1.807) is 13.8 Å². The van der Waals surface area contributed by atoms with Crippen LogP contribution in [0.5, 0.6) is 0 Å². The van der Waals surface area contributed by atoms with Gasteiger partial charge in [-0.25, -0.2) is 14.2 Å². The summed E-state index contributed by atoms with van der Waals surface area (Å²) in [5, 5.41) is 24.6. The number of carbonyl (C=O) groups is 1. The Bertz CT molecular complexity index is 1280. The third kappa shape index (κ3) is 4.10. The predicted octanol–water partition coefficient (Wildman–Crippen LogP) is 2.69. The van der Waals surface area contributed by atoms with Crippen LogP contribution >= 0.6 is 11.3 Å². The average Bonchev–Trinajstić information content (AvgIpc) is 3.33. The Morgan fingerprint density at radius 2 is 2.24 bits per heavy atom. The van der Waals surface area contributed by atoms with Crippen LogP contribution in [0.3, 0.4) is 0 Å². The number of rotatable bonds is 4. The molecule has 0 saturated carbocycles. The number of morpholine rings is 1. The molecule has 172 valence electrons. The summed E-state index contributed by atoms with van der Waals surface area (Å²) in [6.45, 7) is 4.13. The van der Waals surface area contributed by atoms with Crippen LogP contribution < -0.4 is 15.5 Å². The molecule has 3 aromatic rings. The number of anilines is 2. The van der Waals surface area contributed by atoms with Gasteiger partial charge in [-0.3, -0.25) is 5.32 Å². The number of aliphatic hydroxyl groups is 1. The zero-order valence-corrected chi connectivity index (χ0v) is 18.7. The van der Waals surface area contributed by atoms with Crippen molar-refractivity contribution >= 4 is 39.6 Å². The summed E-state index contributed by atoms with van der Waals surface area (Å²) in [4.78, 5) is 24.2. The number of fused-ring (bicyclic) bond motifs is 5. The SMILES string of the molecule is CC(C)(O)CNC(=O)Nc1nc2c(s1)[C@@H]1COC[C@H](C2)N1c1nc2cc(C#N)c(F)cc2o1. The summed E-state index contributed by atoms with van der Waals surface area (Å²) in [5.41, 5.74) is 0.434. The number of carbonyl (C=O) groups excluding carboxylic acids is 1. The monoisotopic (exact) mass is 472 g/mol. The molecule has 1 saturated heterocycles. The van der Waals surface area contributed by atoms with Crippen LogP contribution in [0.2, 0.25) is 0 Å². The summed E-state index contributed by atoms with van der Waals surface area (Å²) in [7, 11) is 0. The Hall–Kier alpha value is -3.27. The number of hydrogen-bond acceptors (Lipinski definition) is 9. The van der Waals surface area contributed by atoms with Crippen molar-refractivity contribution in [1.82, 2.24) is 15.3 Å². The fourth-order valence-corrected chi connectivity index (χ4v) is 5.07. The van der Waals surface area contributed by atoms with Crippen molar-refractivity contribution < 1.29 is 23.4 Å². The first-order chi connectivity index (χ1) is 15.7. The standard InChI is InChI=1S/C21H21FN6O4S/c1-21(2,30)9-24-18(29)27-19-25-14-4-11-7-31-8-15(17(14)33-19)28(11)20-26-13-3-10(6-23)12(22)5-16(13)32-20/h3,5,11,15,30H,4,7-9H2,1-2H3,(H2,24,25,27,29)/t11-,15-/m0/s1. The molecule has 0 radical (unpaired) electrons. The number of nitrogens with one attached hydrogen (secondary N) is 2. The second kappa shape index (κ2) is 7.95. The predicted molar refractivity (Wildman–Crippen MR) is 118 cm³/mol. The second-order valence-electron chi connectivity index (χ2n) is 8.68. The minimum atomic E-state index is -1.02. The fourth-order valence-electron chi connectivity index (χ4n) is 4.00. The number of urea groups is 1. The average molecular weight is 473 g/mol. The van der Waals surface area contributed by atoms with Crippen LogP contribution in [0, 0.1) is 17.1 Å². The van der Waals surface area contributed by atoms with Gasteiger partial charge in [0.1, 0.15) is 17.4 Å².